The lowest BCUT2D eigenvalue weighted by Crippen LogP contribution is -2.12. The van der Waals surface area contributed by atoms with Crippen molar-refractivity contribution in [1.82, 2.24) is 0 Å². The predicted octanol–water partition coefficient (Wildman–Crippen LogP) is 6.40. The fourth-order valence-corrected chi connectivity index (χ4v) is 7.49. The van der Waals surface area contributed by atoms with Gasteiger partial charge in [-0.05, 0) is 66.0 Å². The van der Waals surface area contributed by atoms with Crippen LogP contribution in [-0.4, -0.2) is 31.3 Å². The van der Waals surface area contributed by atoms with Gasteiger partial charge in [0.05, 0.1) is 0 Å². The fourth-order valence-electron chi connectivity index (χ4n) is 3.22. The Morgan fingerprint density at radius 1 is 0.783 bits per heavy atom. The summed E-state index contributed by atoms with van der Waals surface area (Å²) in [7, 11) is -1.28. The molecule has 0 fully saturated rings. The van der Waals surface area contributed by atoms with Gasteiger partial charge in [0.15, 0.2) is 0 Å². The van der Waals surface area contributed by atoms with Crippen LogP contribution in [0.4, 0.5) is 0 Å². The number of fused-ring (bicyclic) bond motifs is 1. The minimum absolute atomic E-state index is 0.582. The standard InChI is InChI=1S/C21H28S2/c1-16-10-7-8-11-17(16)18-12-9-13-20-19(18)14-15-21(20)23(5,6)22(2,3)4/h7-15,21H,1-6H3. The van der Waals surface area contributed by atoms with Crippen LogP contribution in [0.2, 0.25) is 0 Å². The molecule has 1 unspecified atom stereocenters. The van der Waals surface area contributed by atoms with Crippen LogP contribution in [0, 0.1) is 6.92 Å². The molecule has 0 saturated heterocycles. The molecule has 2 heteroatoms. The van der Waals surface area contributed by atoms with E-state index < -0.39 is 18.1 Å². The van der Waals surface area contributed by atoms with Gasteiger partial charge in [-0.2, -0.15) is 0 Å². The van der Waals surface area contributed by atoms with E-state index in [1.165, 1.54) is 27.8 Å². The zero-order chi connectivity index (χ0) is 16.8. The Kier molecular flexibility index (Phi) is 4.18. The van der Waals surface area contributed by atoms with Crippen LogP contribution < -0.4 is 0 Å². The van der Waals surface area contributed by atoms with Crippen molar-refractivity contribution in [1.29, 1.82) is 0 Å². The van der Waals surface area contributed by atoms with Gasteiger partial charge in [0.1, 0.15) is 0 Å². The van der Waals surface area contributed by atoms with Crippen molar-refractivity contribution in [3.8, 4) is 11.1 Å². The summed E-state index contributed by atoms with van der Waals surface area (Å²) in [6.45, 7) is 2.21. The Morgan fingerprint density at radius 3 is 2.09 bits per heavy atom. The Labute approximate surface area is 144 Å². The Bertz CT molecular complexity index is 764. The van der Waals surface area contributed by atoms with Crippen LogP contribution in [-0.2, 0) is 0 Å². The van der Waals surface area contributed by atoms with Gasteiger partial charge in [0, 0.05) is 5.25 Å². The fraction of sp³-hybridized carbons (Fsp3) is 0.333. The first-order chi connectivity index (χ1) is 10.7. The highest BCUT2D eigenvalue weighted by molar-refractivity contribution is 9.07. The molecule has 2 aromatic carbocycles. The Balaban J connectivity index is 2.13. The van der Waals surface area contributed by atoms with Gasteiger partial charge in [-0.25, -0.2) is 18.1 Å². The maximum Gasteiger partial charge on any atom is 0.0394 e. The molecule has 0 bridgehead atoms. The molecule has 0 nitrogen and oxygen atoms in total. The van der Waals surface area contributed by atoms with Gasteiger partial charge in [0.2, 0.25) is 0 Å². The zero-order valence-corrected chi connectivity index (χ0v) is 16.7. The van der Waals surface area contributed by atoms with Gasteiger partial charge in [-0.15, -0.1) is 0 Å². The first-order valence-electron chi connectivity index (χ1n) is 8.01. The van der Waals surface area contributed by atoms with Crippen molar-refractivity contribution in [2.24, 2.45) is 0 Å². The quantitative estimate of drug-likeness (QED) is 0.565. The summed E-state index contributed by atoms with van der Waals surface area (Å²) in [6.07, 6.45) is 17.3. The van der Waals surface area contributed by atoms with E-state index in [-0.39, 0.29) is 0 Å². The molecule has 1 atom stereocenters. The summed E-state index contributed by atoms with van der Waals surface area (Å²) in [4.78, 5) is 0. The predicted molar refractivity (Wildman–Crippen MR) is 113 cm³/mol. The van der Waals surface area contributed by atoms with Crippen molar-refractivity contribution in [3.63, 3.8) is 0 Å². The summed E-state index contributed by atoms with van der Waals surface area (Å²) in [5, 5.41) is 0.594. The highest BCUT2D eigenvalue weighted by Gasteiger charge is 2.35. The minimum atomic E-state index is -0.702. The molecule has 0 N–H and O–H groups in total. The van der Waals surface area contributed by atoms with E-state index >= 15 is 0 Å². The van der Waals surface area contributed by atoms with E-state index in [1.807, 2.05) is 0 Å². The lowest BCUT2D eigenvalue weighted by atomic mass is 9.94. The van der Waals surface area contributed by atoms with E-state index in [4.69, 9.17) is 0 Å². The van der Waals surface area contributed by atoms with E-state index in [2.05, 4.69) is 92.8 Å². The monoisotopic (exact) mass is 344 g/mol. The average Bonchev–Trinajstić information content (AvgIpc) is 2.91. The molecule has 0 saturated carbocycles. The zero-order valence-electron chi connectivity index (χ0n) is 15.1. The van der Waals surface area contributed by atoms with Crippen molar-refractivity contribution < 1.29 is 0 Å². The first-order valence-corrected chi connectivity index (χ1v) is 13.9. The number of hydrogen-bond donors (Lipinski definition) is 0. The molecule has 23 heavy (non-hydrogen) atoms. The van der Waals surface area contributed by atoms with Crippen LogP contribution in [0.25, 0.3) is 17.2 Å². The average molecular weight is 345 g/mol. The minimum Gasteiger partial charge on any atom is -0.218 e. The molecule has 124 valence electrons. The smallest absolute Gasteiger partial charge is 0.0394 e. The van der Waals surface area contributed by atoms with E-state index in [0.29, 0.717) is 5.25 Å². The van der Waals surface area contributed by atoms with Gasteiger partial charge < -0.3 is 0 Å². The normalized spacial score (nSPS) is 18.8. The van der Waals surface area contributed by atoms with Crippen molar-refractivity contribution in [2.45, 2.75) is 12.2 Å². The number of benzene rings is 2. The van der Waals surface area contributed by atoms with Crippen LogP contribution in [0.1, 0.15) is 21.9 Å². The summed E-state index contributed by atoms with van der Waals surface area (Å²) < 4.78 is 0. The molecule has 0 amide bonds. The third-order valence-electron chi connectivity index (χ3n) is 5.22. The van der Waals surface area contributed by atoms with E-state index in [0.717, 1.165) is 0 Å². The molecular weight excluding hydrogens is 316 g/mol. The third-order valence-corrected chi connectivity index (χ3v) is 17.8. The molecule has 1 aliphatic rings. The second kappa shape index (κ2) is 5.75. The SMILES string of the molecule is Cc1ccccc1-c1cccc2c1C=CC2S(C)(C)S(C)(C)C. The maximum absolute atomic E-state index is 2.52. The third kappa shape index (κ3) is 2.77. The second-order valence-electron chi connectivity index (χ2n) is 7.44. The number of aryl methyl sites for hydroxylation is 1. The highest BCUT2D eigenvalue weighted by Crippen LogP contribution is 2.79. The molecule has 0 aliphatic heterocycles. The van der Waals surface area contributed by atoms with Crippen LogP contribution in [0.5, 0.6) is 0 Å². The Hall–Kier alpha value is -1.12. The van der Waals surface area contributed by atoms with Gasteiger partial charge >= 0.3 is 0 Å². The maximum atomic E-state index is 2.52. The molecule has 3 rings (SSSR count). The van der Waals surface area contributed by atoms with Gasteiger partial charge in [-0.1, -0.05) is 54.6 Å². The largest absolute Gasteiger partial charge is 0.218 e. The summed E-state index contributed by atoms with van der Waals surface area (Å²) >= 11 is 0. The van der Waals surface area contributed by atoms with Crippen molar-refractivity contribution in [3.05, 3.63) is 65.2 Å². The number of hydrogen-bond acceptors (Lipinski definition) is 0. The molecule has 0 heterocycles. The van der Waals surface area contributed by atoms with E-state index in [9.17, 15) is 0 Å². The number of rotatable bonds is 3. The molecule has 2 aromatic rings. The van der Waals surface area contributed by atoms with Crippen molar-refractivity contribution in [2.75, 3.05) is 31.3 Å². The molecule has 0 aromatic heterocycles. The molecule has 0 radical (unpaired) electrons. The summed E-state index contributed by atoms with van der Waals surface area (Å²) in [5.74, 6) is 0. The Morgan fingerprint density at radius 2 is 1.43 bits per heavy atom. The second-order valence-corrected chi connectivity index (χ2v) is 19.6. The summed E-state index contributed by atoms with van der Waals surface area (Å²) in [5.41, 5.74) is 7.08. The van der Waals surface area contributed by atoms with Gasteiger partial charge in [-0.3, -0.25) is 0 Å². The van der Waals surface area contributed by atoms with Crippen LogP contribution >= 0.6 is 18.1 Å². The molecule has 1 aliphatic carbocycles. The van der Waals surface area contributed by atoms with Crippen LogP contribution in [0.3, 0.4) is 0 Å². The first kappa shape index (κ1) is 16.7. The summed E-state index contributed by atoms with van der Waals surface area (Å²) in [6, 6.07) is 15.6. The molecule has 0 spiro atoms. The van der Waals surface area contributed by atoms with E-state index in [1.54, 1.807) is 0 Å². The molecular formula is C21H28S2. The lowest BCUT2D eigenvalue weighted by molar-refractivity contribution is 1.25. The topological polar surface area (TPSA) is 0 Å². The lowest BCUT2D eigenvalue weighted by Gasteiger charge is -2.52. The van der Waals surface area contributed by atoms with Crippen LogP contribution in [0.15, 0.2) is 48.5 Å². The van der Waals surface area contributed by atoms with Gasteiger partial charge in [0.25, 0.3) is 0 Å². The highest BCUT2D eigenvalue weighted by atomic mass is 33.2. The van der Waals surface area contributed by atoms with Crippen molar-refractivity contribution >= 4 is 24.2 Å².